The molecular formula is C9H14FN5O. The van der Waals surface area contributed by atoms with E-state index < -0.39 is 6.17 Å². The first-order valence-electron chi connectivity index (χ1n) is 5.07. The summed E-state index contributed by atoms with van der Waals surface area (Å²) in [6.07, 6.45) is 0.586. The molecule has 88 valence electrons. The number of ether oxygens (including phenoxy) is 1. The van der Waals surface area contributed by atoms with Gasteiger partial charge in [0.1, 0.15) is 12.0 Å². The number of hydrogen-bond donors (Lipinski definition) is 1. The first-order valence-corrected chi connectivity index (χ1v) is 5.07. The van der Waals surface area contributed by atoms with Gasteiger partial charge in [0, 0.05) is 13.7 Å². The summed E-state index contributed by atoms with van der Waals surface area (Å²) >= 11 is 0. The number of nitrogens with zero attached hydrogens (tertiary/aromatic N) is 4. The van der Waals surface area contributed by atoms with E-state index in [0.717, 1.165) is 0 Å². The van der Waals surface area contributed by atoms with Gasteiger partial charge in [0.15, 0.2) is 0 Å². The second-order valence-electron chi connectivity index (χ2n) is 3.71. The zero-order valence-electron chi connectivity index (χ0n) is 9.01. The molecule has 1 fully saturated rings. The van der Waals surface area contributed by atoms with Crippen LogP contribution in [0.15, 0.2) is 6.20 Å². The molecule has 2 atom stereocenters. The summed E-state index contributed by atoms with van der Waals surface area (Å²) in [7, 11) is 1.52. The van der Waals surface area contributed by atoms with Crippen LogP contribution < -0.4 is 10.6 Å². The van der Waals surface area contributed by atoms with Crippen LogP contribution in [0, 0.1) is 0 Å². The molecule has 0 bridgehead atoms. The van der Waals surface area contributed by atoms with E-state index in [-0.39, 0.29) is 18.5 Å². The SMILES string of the molecule is CO[C@H]1CCN(c2nncc(N)n2)C[C@H]1F. The van der Waals surface area contributed by atoms with Crippen molar-refractivity contribution in [3.63, 3.8) is 0 Å². The number of anilines is 2. The van der Waals surface area contributed by atoms with Crippen LogP contribution in [-0.4, -0.2) is 47.7 Å². The molecule has 0 radical (unpaired) electrons. The van der Waals surface area contributed by atoms with Crippen molar-refractivity contribution in [1.82, 2.24) is 15.2 Å². The van der Waals surface area contributed by atoms with Crippen molar-refractivity contribution in [3.05, 3.63) is 6.20 Å². The van der Waals surface area contributed by atoms with Gasteiger partial charge >= 0.3 is 0 Å². The highest BCUT2D eigenvalue weighted by Crippen LogP contribution is 2.20. The van der Waals surface area contributed by atoms with Gasteiger partial charge < -0.3 is 15.4 Å². The predicted molar refractivity (Wildman–Crippen MR) is 56.8 cm³/mol. The smallest absolute Gasteiger partial charge is 0.247 e. The summed E-state index contributed by atoms with van der Waals surface area (Å²) in [4.78, 5) is 5.73. The highest BCUT2D eigenvalue weighted by molar-refractivity contribution is 5.36. The van der Waals surface area contributed by atoms with Crippen LogP contribution in [-0.2, 0) is 4.74 Å². The second kappa shape index (κ2) is 4.56. The Hall–Kier alpha value is -1.50. The Kier molecular flexibility index (Phi) is 3.14. The number of halogens is 1. The number of piperidine rings is 1. The highest BCUT2D eigenvalue weighted by atomic mass is 19.1. The number of nitrogen functional groups attached to an aromatic ring is 1. The van der Waals surface area contributed by atoms with Gasteiger partial charge in [0.05, 0.1) is 18.8 Å². The van der Waals surface area contributed by atoms with Crippen LogP contribution in [0.3, 0.4) is 0 Å². The Morgan fingerprint density at radius 3 is 3.06 bits per heavy atom. The van der Waals surface area contributed by atoms with E-state index in [9.17, 15) is 4.39 Å². The van der Waals surface area contributed by atoms with Crippen LogP contribution in [0.2, 0.25) is 0 Å². The second-order valence-corrected chi connectivity index (χ2v) is 3.71. The molecule has 1 aliphatic heterocycles. The summed E-state index contributed by atoms with van der Waals surface area (Å²) in [5.41, 5.74) is 5.49. The van der Waals surface area contributed by atoms with Crippen molar-refractivity contribution in [2.75, 3.05) is 30.8 Å². The lowest BCUT2D eigenvalue weighted by Crippen LogP contribution is -2.46. The van der Waals surface area contributed by atoms with E-state index in [2.05, 4.69) is 15.2 Å². The van der Waals surface area contributed by atoms with E-state index in [1.54, 1.807) is 4.90 Å². The summed E-state index contributed by atoms with van der Waals surface area (Å²) in [5.74, 6) is 0.659. The quantitative estimate of drug-likeness (QED) is 0.767. The zero-order chi connectivity index (χ0) is 11.5. The van der Waals surface area contributed by atoms with Crippen LogP contribution in [0.1, 0.15) is 6.42 Å². The largest absolute Gasteiger partial charge is 0.382 e. The molecule has 0 aromatic carbocycles. The average molecular weight is 227 g/mol. The number of methoxy groups -OCH3 is 1. The van der Waals surface area contributed by atoms with Crippen molar-refractivity contribution >= 4 is 11.8 Å². The van der Waals surface area contributed by atoms with Gasteiger partial charge in [-0.15, -0.1) is 5.10 Å². The maximum atomic E-state index is 13.6. The van der Waals surface area contributed by atoms with E-state index in [1.807, 2.05) is 0 Å². The number of hydrogen-bond acceptors (Lipinski definition) is 6. The molecule has 0 amide bonds. The van der Waals surface area contributed by atoms with E-state index in [4.69, 9.17) is 10.5 Å². The van der Waals surface area contributed by atoms with Crippen LogP contribution in [0.25, 0.3) is 0 Å². The fourth-order valence-electron chi connectivity index (χ4n) is 1.77. The number of rotatable bonds is 2. The Balaban J connectivity index is 2.07. The average Bonchev–Trinajstić information content (AvgIpc) is 2.29. The van der Waals surface area contributed by atoms with Crippen molar-refractivity contribution in [1.29, 1.82) is 0 Å². The Labute approximate surface area is 92.6 Å². The van der Waals surface area contributed by atoms with Gasteiger partial charge in [-0.3, -0.25) is 0 Å². The molecule has 2 rings (SSSR count). The monoisotopic (exact) mass is 227 g/mol. The minimum atomic E-state index is -1.04. The molecule has 1 aromatic heterocycles. The lowest BCUT2D eigenvalue weighted by atomic mass is 10.1. The van der Waals surface area contributed by atoms with Crippen molar-refractivity contribution in [2.24, 2.45) is 0 Å². The Morgan fingerprint density at radius 2 is 2.44 bits per heavy atom. The first-order chi connectivity index (χ1) is 7.70. The summed E-state index contributed by atoms with van der Waals surface area (Å²) in [5, 5.41) is 7.52. The topological polar surface area (TPSA) is 77.2 Å². The molecule has 16 heavy (non-hydrogen) atoms. The van der Waals surface area contributed by atoms with Gasteiger partial charge in [-0.1, -0.05) is 0 Å². The van der Waals surface area contributed by atoms with Gasteiger partial charge in [0.2, 0.25) is 5.95 Å². The highest BCUT2D eigenvalue weighted by Gasteiger charge is 2.30. The third kappa shape index (κ3) is 2.19. The van der Waals surface area contributed by atoms with Crippen LogP contribution >= 0.6 is 0 Å². The fourth-order valence-corrected chi connectivity index (χ4v) is 1.77. The predicted octanol–water partition coefficient (Wildman–Crippen LogP) is 0.0170. The van der Waals surface area contributed by atoms with Crippen LogP contribution in [0.5, 0.6) is 0 Å². The van der Waals surface area contributed by atoms with Crippen molar-refractivity contribution in [2.45, 2.75) is 18.7 Å². The van der Waals surface area contributed by atoms with Crippen molar-refractivity contribution < 1.29 is 9.13 Å². The van der Waals surface area contributed by atoms with Gasteiger partial charge in [0.25, 0.3) is 0 Å². The number of nitrogens with two attached hydrogens (primary N) is 1. The normalized spacial score (nSPS) is 25.8. The van der Waals surface area contributed by atoms with Crippen molar-refractivity contribution in [3.8, 4) is 0 Å². The summed E-state index contributed by atoms with van der Waals surface area (Å²) < 4.78 is 18.6. The molecule has 1 aliphatic rings. The van der Waals surface area contributed by atoms with E-state index in [1.165, 1.54) is 13.3 Å². The molecule has 6 nitrogen and oxygen atoms in total. The molecule has 2 N–H and O–H groups in total. The Morgan fingerprint density at radius 1 is 1.62 bits per heavy atom. The molecule has 2 heterocycles. The molecular weight excluding hydrogens is 213 g/mol. The molecule has 0 aliphatic carbocycles. The standard InChI is InChI=1S/C9H14FN5O/c1-16-7-2-3-15(5-6(7)10)9-13-8(11)4-12-14-9/h4,6-7H,2-3,5H2,1H3,(H2,11,13,14)/t6-,7+/m1/s1. The summed E-state index contributed by atoms with van der Waals surface area (Å²) in [6, 6.07) is 0. The van der Waals surface area contributed by atoms with Gasteiger partial charge in [-0.05, 0) is 6.42 Å². The minimum absolute atomic E-state index is 0.212. The molecule has 0 spiro atoms. The first kappa shape index (κ1) is 11.0. The fraction of sp³-hybridized carbons (Fsp3) is 0.667. The lowest BCUT2D eigenvalue weighted by Gasteiger charge is -2.33. The van der Waals surface area contributed by atoms with E-state index in [0.29, 0.717) is 18.9 Å². The maximum absolute atomic E-state index is 13.6. The van der Waals surface area contributed by atoms with Gasteiger partial charge in [-0.25, -0.2) is 4.39 Å². The number of aromatic nitrogens is 3. The number of alkyl halides is 1. The van der Waals surface area contributed by atoms with E-state index >= 15 is 0 Å². The zero-order valence-corrected chi connectivity index (χ0v) is 9.01. The third-order valence-corrected chi connectivity index (χ3v) is 2.63. The minimum Gasteiger partial charge on any atom is -0.382 e. The maximum Gasteiger partial charge on any atom is 0.247 e. The molecule has 7 heteroatoms. The molecule has 1 aromatic rings. The molecule has 0 unspecified atom stereocenters. The van der Waals surface area contributed by atoms with Crippen LogP contribution in [0.4, 0.5) is 16.2 Å². The Bertz CT molecular complexity index is 364. The molecule has 1 saturated heterocycles. The summed E-state index contributed by atoms with van der Waals surface area (Å²) in [6.45, 7) is 0.855. The molecule has 0 saturated carbocycles. The lowest BCUT2D eigenvalue weighted by molar-refractivity contribution is 0.0194. The van der Waals surface area contributed by atoms with Gasteiger partial charge in [-0.2, -0.15) is 10.1 Å². The third-order valence-electron chi connectivity index (χ3n) is 2.63.